The molecule has 0 aliphatic carbocycles. The van der Waals surface area contributed by atoms with Crippen molar-refractivity contribution in [3.8, 4) is 11.3 Å². The maximum Gasteiger partial charge on any atom is 0.251 e. The van der Waals surface area contributed by atoms with Crippen molar-refractivity contribution in [1.82, 2.24) is 25.6 Å². The monoisotopic (exact) mass is 496 g/mol. The van der Waals surface area contributed by atoms with E-state index in [2.05, 4.69) is 39.3 Å². The lowest BCUT2D eigenvalue weighted by atomic mass is 9.87. The summed E-state index contributed by atoms with van der Waals surface area (Å²) in [4.78, 5) is 29.0. The van der Waals surface area contributed by atoms with Crippen LogP contribution in [-0.2, 0) is 5.41 Å². The van der Waals surface area contributed by atoms with Crippen LogP contribution in [0.3, 0.4) is 0 Å². The topological polar surface area (TPSA) is 83.0 Å². The molecule has 1 atom stereocenters. The van der Waals surface area contributed by atoms with Crippen molar-refractivity contribution in [2.45, 2.75) is 38.1 Å². The quantitative estimate of drug-likeness (QED) is 0.425. The van der Waals surface area contributed by atoms with Crippen LogP contribution in [0.25, 0.3) is 22.3 Å². The number of anilines is 2. The first-order chi connectivity index (χ1) is 17.9. The number of carbonyl (C=O) groups excluding carboxylic acids is 1. The Bertz CT molecular complexity index is 1500. The number of fused-ring (bicyclic) bond motifs is 2. The van der Waals surface area contributed by atoms with Gasteiger partial charge >= 0.3 is 0 Å². The molecule has 2 N–H and O–H groups in total. The number of nitrogens with one attached hydrogen (secondary N) is 2. The number of pyridine rings is 1. The van der Waals surface area contributed by atoms with Gasteiger partial charge in [0.2, 0.25) is 0 Å². The smallest absolute Gasteiger partial charge is 0.251 e. The van der Waals surface area contributed by atoms with Gasteiger partial charge in [0.15, 0.2) is 5.82 Å². The molecule has 0 spiro atoms. The number of hydrogen-bond acceptors (Lipinski definition) is 6. The van der Waals surface area contributed by atoms with E-state index in [0.29, 0.717) is 23.4 Å². The van der Waals surface area contributed by atoms with Crippen LogP contribution in [-0.4, -0.2) is 46.5 Å². The van der Waals surface area contributed by atoms with Crippen molar-refractivity contribution in [3.05, 3.63) is 77.9 Å². The Morgan fingerprint density at radius 1 is 1.14 bits per heavy atom. The number of rotatable bonds is 4. The molecule has 6 rings (SSSR count). The molecule has 2 aliphatic rings. The lowest BCUT2D eigenvalue weighted by Gasteiger charge is -2.23. The third kappa shape index (κ3) is 4.42. The molecule has 1 saturated heterocycles. The zero-order valence-corrected chi connectivity index (χ0v) is 21.0. The van der Waals surface area contributed by atoms with Crippen LogP contribution in [0.1, 0.15) is 42.6 Å². The minimum Gasteiger partial charge on any atom is -0.348 e. The lowest BCUT2D eigenvalue weighted by molar-refractivity contribution is 0.0930. The second-order valence-corrected chi connectivity index (χ2v) is 10.5. The van der Waals surface area contributed by atoms with Gasteiger partial charge in [0.1, 0.15) is 17.7 Å². The molecule has 0 radical (unpaired) electrons. The Morgan fingerprint density at radius 2 is 2.03 bits per heavy atom. The number of piperidine rings is 1. The predicted octanol–water partition coefficient (Wildman–Crippen LogP) is 4.74. The van der Waals surface area contributed by atoms with E-state index in [1.807, 2.05) is 36.4 Å². The molecule has 1 amide bonds. The molecule has 0 saturated carbocycles. The molecular formula is C29H29FN6O. The standard InChI is InChI=1S/C29H29FN6O/c1-29(2)16-36(25-11-8-20(30)14-22(25)29)27-26-24(32-17-33-27)10-9-23(35-26)18-5-3-6-19(13-18)28(37)34-21-7-4-12-31-15-21/h3,5-6,8-11,13-14,17,21,31H,4,7,12,15-16H2,1-2H3,(H,34,37)/t21-/m1/s1. The molecule has 7 nitrogen and oxygen atoms in total. The molecule has 4 heterocycles. The fraction of sp³-hybridized carbons (Fsp3) is 0.310. The molecule has 0 bridgehead atoms. The van der Waals surface area contributed by atoms with Crippen LogP contribution < -0.4 is 15.5 Å². The van der Waals surface area contributed by atoms with E-state index in [-0.39, 0.29) is 23.2 Å². The highest BCUT2D eigenvalue weighted by Gasteiger charge is 2.37. The Hall–Kier alpha value is -3.91. The average Bonchev–Trinajstić information content (AvgIpc) is 3.18. The van der Waals surface area contributed by atoms with Gasteiger partial charge in [-0.2, -0.15) is 0 Å². The van der Waals surface area contributed by atoms with Crippen LogP contribution in [0.5, 0.6) is 0 Å². The molecule has 1 fully saturated rings. The summed E-state index contributed by atoms with van der Waals surface area (Å²) in [5.74, 6) is 0.359. The second-order valence-electron chi connectivity index (χ2n) is 10.5. The van der Waals surface area contributed by atoms with Gasteiger partial charge in [-0.25, -0.2) is 19.3 Å². The number of amides is 1. The Labute approximate surface area is 215 Å². The number of halogens is 1. The summed E-state index contributed by atoms with van der Waals surface area (Å²) >= 11 is 0. The van der Waals surface area contributed by atoms with Crippen molar-refractivity contribution < 1.29 is 9.18 Å². The van der Waals surface area contributed by atoms with Crippen molar-refractivity contribution in [2.75, 3.05) is 24.5 Å². The van der Waals surface area contributed by atoms with Gasteiger partial charge in [0, 0.05) is 41.4 Å². The summed E-state index contributed by atoms with van der Waals surface area (Å²) in [5, 5.41) is 6.46. The average molecular weight is 497 g/mol. The number of aromatic nitrogens is 3. The van der Waals surface area contributed by atoms with Gasteiger partial charge in [-0.05, 0) is 67.4 Å². The first-order valence-electron chi connectivity index (χ1n) is 12.7. The summed E-state index contributed by atoms with van der Waals surface area (Å²) in [6.45, 7) is 6.65. The highest BCUT2D eigenvalue weighted by Crippen LogP contribution is 2.45. The Morgan fingerprint density at radius 3 is 2.86 bits per heavy atom. The van der Waals surface area contributed by atoms with Crippen LogP contribution in [0.15, 0.2) is 60.9 Å². The van der Waals surface area contributed by atoms with E-state index in [0.717, 1.165) is 54.0 Å². The molecular weight excluding hydrogens is 467 g/mol. The van der Waals surface area contributed by atoms with Crippen LogP contribution >= 0.6 is 0 Å². The minimum absolute atomic E-state index is 0.0801. The summed E-state index contributed by atoms with van der Waals surface area (Å²) in [7, 11) is 0. The maximum atomic E-state index is 14.1. The minimum atomic E-state index is -0.248. The van der Waals surface area contributed by atoms with E-state index in [1.165, 1.54) is 6.07 Å². The van der Waals surface area contributed by atoms with E-state index in [4.69, 9.17) is 4.98 Å². The first kappa shape index (κ1) is 23.5. The lowest BCUT2D eigenvalue weighted by Crippen LogP contribution is -2.45. The fourth-order valence-electron chi connectivity index (χ4n) is 5.39. The largest absolute Gasteiger partial charge is 0.348 e. The summed E-state index contributed by atoms with van der Waals surface area (Å²) in [6, 6.07) is 16.4. The highest BCUT2D eigenvalue weighted by molar-refractivity contribution is 5.96. The first-order valence-corrected chi connectivity index (χ1v) is 12.7. The Kier molecular flexibility index (Phi) is 5.83. The number of carbonyl (C=O) groups is 1. The molecule has 2 aliphatic heterocycles. The van der Waals surface area contributed by atoms with Gasteiger partial charge in [-0.1, -0.05) is 26.0 Å². The highest BCUT2D eigenvalue weighted by atomic mass is 19.1. The van der Waals surface area contributed by atoms with Gasteiger partial charge in [-0.15, -0.1) is 0 Å². The molecule has 8 heteroatoms. The van der Waals surface area contributed by atoms with Gasteiger partial charge < -0.3 is 15.5 Å². The van der Waals surface area contributed by atoms with Gasteiger partial charge in [0.05, 0.1) is 11.2 Å². The molecule has 188 valence electrons. The van der Waals surface area contributed by atoms with E-state index < -0.39 is 0 Å². The summed E-state index contributed by atoms with van der Waals surface area (Å²) in [5.41, 5.74) is 5.19. The van der Waals surface area contributed by atoms with Gasteiger partial charge in [0.25, 0.3) is 5.91 Å². The second kappa shape index (κ2) is 9.19. The zero-order chi connectivity index (χ0) is 25.6. The van der Waals surface area contributed by atoms with Gasteiger partial charge in [-0.3, -0.25) is 4.79 Å². The predicted molar refractivity (Wildman–Crippen MR) is 143 cm³/mol. The van der Waals surface area contributed by atoms with Crippen molar-refractivity contribution in [2.24, 2.45) is 0 Å². The maximum absolute atomic E-state index is 14.1. The van der Waals surface area contributed by atoms with Crippen molar-refractivity contribution >= 4 is 28.4 Å². The molecule has 4 aromatic rings. The van der Waals surface area contributed by atoms with Crippen LogP contribution in [0, 0.1) is 5.82 Å². The molecule has 2 aromatic carbocycles. The molecule has 37 heavy (non-hydrogen) atoms. The SMILES string of the molecule is CC1(C)CN(c2ncnc3ccc(-c4cccc(C(=O)N[C@@H]5CCCNC5)c4)nc23)c2ccc(F)cc21. The van der Waals surface area contributed by atoms with Crippen LogP contribution in [0.4, 0.5) is 15.9 Å². The third-order valence-electron chi connectivity index (χ3n) is 7.30. The van der Waals surface area contributed by atoms with Crippen LogP contribution in [0.2, 0.25) is 0 Å². The summed E-state index contributed by atoms with van der Waals surface area (Å²) in [6.07, 6.45) is 3.58. The van der Waals surface area contributed by atoms with Crippen molar-refractivity contribution in [3.63, 3.8) is 0 Å². The Balaban J connectivity index is 1.36. The number of benzene rings is 2. The van der Waals surface area contributed by atoms with Crippen molar-refractivity contribution in [1.29, 1.82) is 0 Å². The third-order valence-corrected chi connectivity index (χ3v) is 7.30. The zero-order valence-electron chi connectivity index (χ0n) is 21.0. The molecule has 2 aromatic heterocycles. The van der Waals surface area contributed by atoms with E-state index in [9.17, 15) is 9.18 Å². The van der Waals surface area contributed by atoms with E-state index in [1.54, 1.807) is 18.5 Å². The summed E-state index contributed by atoms with van der Waals surface area (Å²) < 4.78 is 14.1. The molecule has 0 unspecified atom stereocenters. The fourth-order valence-corrected chi connectivity index (χ4v) is 5.39. The normalized spacial score (nSPS) is 18.6. The van der Waals surface area contributed by atoms with E-state index >= 15 is 0 Å². The number of hydrogen-bond donors (Lipinski definition) is 2. The number of nitrogens with zero attached hydrogens (tertiary/aromatic N) is 4.